The first-order chi connectivity index (χ1) is 9.90. The Kier molecular flexibility index (Phi) is 7.55. The van der Waals surface area contributed by atoms with Crippen molar-refractivity contribution in [2.24, 2.45) is 16.6 Å². The van der Waals surface area contributed by atoms with Gasteiger partial charge in [0.05, 0.1) is 6.04 Å². The molecule has 0 aromatic rings. The van der Waals surface area contributed by atoms with Gasteiger partial charge in [-0.25, -0.2) is 9.79 Å². The first-order valence-corrected chi connectivity index (χ1v) is 7.04. The number of amides is 3. The van der Waals surface area contributed by atoms with Gasteiger partial charge in [-0.15, -0.1) is 0 Å². The number of imide groups is 1. The highest BCUT2D eigenvalue weighted by molar-refractivity contribution is 5.95. The number of hydrogen-bond donors (Lipinski definition) is 3. The molecule has 0 radical (unpaired) electrons. The molecule has 0 saturated carbocycles. The summed E-state index contributed by atoms with van der Waals surface area (Å²) in [6.45, 7) is 10.0. The van der Waals surface area contributed by atoms with Crippen LogP contribution in [0.4, 0.5) is 4.79 Å². The second kappa shape index (κ2) is 8.35. The van der Waals surface area contributed by atoms with Crippen LogP contribution in [0.3, 0.4) is 0 Å². The Morgan fingerprint density at radius 3 is 2.18 bits per heavy atom. The minimum absolute atomic E-state index is 0.000555. The van der Waals surface area contributed by atoms with Gasteiger partial charge in [-0.1, -0.05) is 6.92 Å². The predicted molar refractivity (Wildman–Crippen MR) is 83.1 cm³/mol. The van der Waals surface area contributed by atoms with Gasteiger partial charge in [0.1, 0.15) is 5.60 Å². The summed E-state index contributed by atoms with van der Waals surface area (Å²) in [7, 11) is 0. The number of nitrogens with two attached hydrogens (primary N) is 1. The van der Waals surface area contributed by atoms with Gasteiger partial charge in [0.25, 0.3) is 0 Å². The van der Waals surface area contributed by atoms with Gasteiger partial charge in [-0.05, 0) is 33.6 Å². The third-order valence-electron chi connectivity index (χ3n) is 2.62. The molecule has 0 heterocycles. The van der Waals surface area contributed by atoms with E-state index in [1.807, 2.05) is 0 Å². The van der Waals surface area contributed by atoms with E-state index in [0.717, 1.165) is 0 Å². The molecule has 126 valence electrons. The van der Waals surface area contributed by atoms with E-state index in [2.05, 4.69) is 15.6 Å². The number of ether oxygens (including phenoxy) is 1. The number of nitrogens with zero attached hydrogens (tertiary/aromatic N) is 1. The van der Waals surface area contributed by atoms with Crippen LogP contribution in [0.1, 0.15) is 48.0 Å². The summed E-state index contributed by atoms with van der Waals surface area (Å²) in [5, 5.41) is 4.51. The van der Waals surface area contributed by atoms with Crippen LogP contribution in [0.15, 0.2) is 4.99 Å². The van der Waals surface area contributed by atoms with Gasteiger partial charge in [-0.2, -0.15) is 0 Å². The smallest absolute Gasteiger partial charge is 0.414 e. The highest BCUT2D eigenvalue weighted by Crippen LogP contribution is 2.12. The summed E-state index contributed by atoms with van der Waals surface area (Å²) < 4.78 is 4.99. The van der Waals surface area contributed by atoms with Crippen molar-refractivity contribution in [3.63, 3.8) is 0 Å². The molecule has 0 aliphatic rings. The maximum absolute atomic E-state index is 11.8. The monoisotopic (exact) mass is 314 g/mol. The van der Waals surface area contributed by atoms with E-state index in [0.29, 0.717) is 0 Å². The lowest BCUT2D eigenvalue weighted by Gasteiger charge is -2.20. The molecule has 4 N–H and O–H groups in total. The van der Waals surface area contributed by atoms with Crippen LogP contribution in [-0.4, -0.2) is 35.5 Å². The zero-order chi connectivity index (χ0) is 17.5. The van der Waals surface area contributed by atoms with E-state index < -0.39 is 17.6 Å². The molecule has 8 nitrogen and oxygen atoms in total. The van der Waals surface area contributed by atoms with Crippen LogP contribution in [0, 0.1) is 5.92 Å². The van der Waals surface area contributed by atoms with Crippen LogP contribution in [0.25, 0.3) is 0 Å². The van der Waals surface area contributed by atoms with Crippen molar-refractivity contribution in [2.75, 3.05) is 0 Å². The van der Waals surface area contributed by atoms with Crippen molar-refractivity contribution in [3.8, 4) is 0 Å². The molecule has 0 spiro atoms. The van der Waals surface area contributed by atoms with Gasteiger partial charge in [-0.3, -0.25) is 20.2 Å². The third-order valence-corrected chi connectivity index (χ3v) is 2.62. The van der Waals surface area contributed by atoms with Crippen LogP contribution in [0.5, 0.6) is 0 Å². The van der Waals surface area contributed by atoms with E-state index in [1.54, 1.807) is 34.6 Å². The number of carbonyl (C=O) groups is 3. The normalized spacial score (nSPS) is 14.7. The highest BCUT2D eigenvalue weighted by Gasteiger charge is 2.21. The van der Waals surface area contributed by atoms with Gasteiger partial charge >= 0.3 is 6.09 Å². The molecule has 22 heavy (non-hydrogen) atoms. The highest BCUT2D eigenvalue weighted by atomic mass is 16.6. The average Bonchev–Trinajstić information content (AvgIpc) is 2.23. The van der Waals surface area contributed by atoms with Gasteiger partial charge in [0.2, 0.25) is 11.8 Å². The maximum Gasteiger partial charge on any atom is 0.414 e. The fraction of sp³-hybridized carbons (Fsp3) is 0.714. The van der Waals surface area contributed by atoms with Crippen LogP contribution in [0.2, 0.25) is 0 Å². The molecule has 3 amide bonds. The lowest BCUT2D eigenvalue weighted by Crippen LogP contribution is -2.38. The first-order valence-electron chi connectivity index (χ1n) is 7.04. The molecule has 0 aliphatic carbocycles. The predicted octanol–water partition coefficient (Wildman–Crippen LogP) is 0.903. The van der Waals surface area contributed by atoms with E-state index in [1.165, 1.54) is 6.92 Å². The molecular weight excluding hydrogens is 288 g/mol. The molecule has 0 rings (SSSR count). The second-order valence-electron chi connectivity index (χ2n) is 6.17. The maximum atomic E-state index is 11.8. The molecule has 8 heteroatoms. The molecule has 0 aliphatic heterocycles. The fourth-order valence-electron chi connectivity index (χ4n) is 1.49. The Morgan fingerprint density at radius 2 is 1.73 bits per heavy atom. The van der Waals surface area contributed by atoms with E-state index >= 15 is 0 Å². The quantitative estimate of drug-likeness (QED) is 0.525. The summed E-state index contributed by atoms with van der Waals surface area (Å²) in [4.78, 5) is 38.1. The van der Waals surface area contributed by atoms with Crippen molar-refractivity contribution in [1.29, 1.82) is 0 Å². The molecule has 1 unspecified atom stereocenters. The Hall–Kier alpha value is -2.12. The van der Waals surface area contributed by atoms with Crippen LogP contribution >= 0.6 is 0 Å². The zero-order valence-corrected chi connectivity index (χ0v) is 14.0. The van der Waals surface area contributed by atoms with Crippen molar-refractivity contribution in [3.05, 3.63) is 0 Å². The van der Waals surface area contributed by atoms with Crippen LogP contribution < -0.4 is 16.4 Å². The molecule has 0 fully saturated rings. The number of guanidine groups is 1. The van der Waals surface area contributed by atoms with Gasteiger partial charge < -0.3 is 10.5 Å². The van der Waals surface area contributed by atoms with Gasteiger partial charge in [0, 0.05) is 13.3 Å². The van der Waals surface area contributed by atoms with E-state index in [9.17, 15) is 14.4 Å². The zero-order valence-electron chi connectivity index (χ0n) is 14.0. The summed E-state index contributed by atoms with van der Waals surface area (Å²) in [6, 6.07) is -0.295. The van der Waals surface area contributed by atoms with Crippen molar-refractivity contribution >= 4 is 23.9 Å². The summed E-state index contributed by atoms with van der Waals surface area (Å²) in [5.74, 6) is -0.945. The minimum Gasteiger partial charge on any atom is -0.444 e. The minimum atomic E-state index is -0.779. The largest absolute Gasteiger partial charge is 0.444 e. The van der Waals surface area contributed by atoms with Crippen molar-refractivity contribution in [1.82, 2.24) is 10.6 Å². The molecule has 0 bridgehead atoms. The van der Waals surface area contributed by atoms with Crippen molar-refractivity contribution in [2.45, 2.75) is 59.6 Å². The number of nitrogens with one attached hydrogen (secondary N) is 2. The Morgan fingerprint density at radius 1 is 1.18 bits per heavy atom. The lowest BCUT2D eigenvalue weighted by atomic mass is 10.00. The average molecular weight is 314 g/mol. The Labute approximate surface area is 130 Å². The molecular formula is C14H26N4O4. The molecule has 0 aromatic heterocycles. The van der Waals surface area contributed by atoms with Gasteiger partial charge in [0.15, 0.2) is 5.96 Å². The summed E-state index contributed by atoms with van der Waals surface area (Å²) >= 11 is 0. The third kappa shape index (κ3) is 9.73. The number of aliphatic imine (C=N–C) groups is 1. The summed E-state index contributed by atoms with van der Waals surface area (Å²) in [6.07, 6.45) is -0.698. The van der Waals surface area contributed by atoms with Crippen LogP contribution in [-0.2, 0) is 14.3 Å². The van der Waals surface area contributed by atoms with Crippen molar-refractivity contribution < 1.29 is 19.1 Å². The first kappa shape index (κ1) is 19.9. The Bertz CT molecular complexity index is 454. The number of rotatable bonds is 4. The SMILES string of the molecule is CC(=O)NC(N)=N[C@H](C)C(C)CC(=O)NC(=O)OC(C)(C)C. The fourth-order valence-corrected chi connectivity index (χ4v) is 1.49. The standard InChI is InChI=1S/C14H26N4O4/c1-8(9(2)16-12(15)17-10(3)19)7-11(20)18-13(21)22-14(4,5)6/h8-9H,7H2,1-6H3,(H,18,20,21)(H3,15,16,17,19)/t8?,9-/m1/s1. The Balaban J connectivity index is 4.40. The second-order valence-corrected chi connectivity index (χ2v) is 6.17. The number of hydrogen-bond acceptors (Lipinski definition) is 5. The topological polar surface area (TPSA) is 123 Å². The number of alkyl carbamates (subject to hydrolysis) is 1. The molecule has 2 atom stereocenters. The lowest BCUT2D eigenvalue weighted by molar-refractivity contribution is -0.121. The van der Waals surface area contributed by atoms with E-state index in [4.69, 9.17) is 10.5 Å². The molecule has 0 aromatic carbocycles. The summed E-state index contributed by atoms with van der Waals surface area (Å²) in [5.41, 5.74) is 4.87. The molecule has 0 saturated heterocycles. The van der Waals surface area contributed by atoms with E-state index in [-0.39, 0.29) is 30.2 Å². The number of carbonyl (C=O) groups excluding carboxylic acids is 3.